The van der Waals surface area contributed by atoms with Crippen LogP contribution in [0.4, 0.5) is 13.2 Å². The van der Waals surface area contributed by atoms with Crippen LogP contribution in [0, 0.1) is 0 Å². The highest BCUT2D eigenvalue weighted by atomic mass is 19.4. The second-order valence-corrected chi connectivity index (χ2v) is 5.88. The lowest BCUT2D eigenvalue weighted by Gasteiger charge is -2.21. The lowest BCUT2D eigenvalue weighted by atomic mass is 10.1. The van der Waals surface area contributed by atoms with Gasteiger partial charge in [0.1, 0.15) is 5.75 Å². The zero-order valence-electron chi connectivity index (χ0n) is 12.8. The van der Waals surface area contributed by atoms with Gasteiger partial charge in [-0.15, -0.1) is 13.2 Å². The van der Waals surface area contributed by atoms with E-state index in [9.17, 15) is 13.2 Å². The predicted molar refractivity (Wildman–Crippen MR) is 79.1 cm³/mol. The molecule has 5 heteroatoms. The van der Waals surface area contributed by atoms with Crippen LogP contribution < -0.4 is 10.1 Å². The van der Waals surface area contributed by atoms with Gasteiger partial charge in [-0.2, -0.15) is 0 Å². The largest absolute Gasteiger partial charge is 0.573 e. The summed E-state index contributed by atoms with van der Waals surface area (Å²) in [6.45, 7) is 9.06. The Morgan fingerprint density at radius 1 is 1.14 bits per heavy atom. The predicted octanol–water partition coefficient (Wildman–Crippen LogP) is 4.77. The summed E-state index contributed by atoms with van der Waals surface area (Å²) in [6.07, 6.45) is -1.79. The van der Waals surface area contributed by atoms with Gasteiger partial charge in [-0.3, -0.25) is 0 Å². The number of ether oxygens (including phenoxy) is 1. The van der Waals surface area contributed by atoms with E-state index in [4.69, 9.17) is 0 Å². The number of rotatable bonds is 5. The molecule has 1 aromatic rings. The average Bonchev–Trinajstić information content (AvgIpc) is 2.33. The third kappa shape index (κ3) is 7.75. The van der Waals surface area contributed by atoms with Crippen molar-refractivity contribution >= 4 is 6.08 Å². The average molecular weight is 301 g/mol. The first kappa shape index (κ1) is 17.6. The molecular formula is C16H22F3NO. The minimum atomic E-state index is -4.65. The molecule has 0 aliphatic carbocycles. The zero-order chi connectivity index (χ0) is 16.1. The molecule has 0 radical (unpaired) electrons. The number of nitrogens with one attached hydrogen (secondary N) is 1. The molecule has 0 atom stereocenters. The van der Waals surface area contributed by atoms with E-state index in [0.29, 0.717) is 0 Å². The van der Waals surface area contributed by atoms with E-state index < -0.39 is 6.36 Å². The van der Waals surface area contributed by atoms with Crippen LogP contribution in [0.5, 0.6) is 5.75 Å². The van der Waals surface area contributed by atoms with E-state index in [1.165, 1.54) is 17.7 Å². The van der Waals surface area contributed by atoms with Crippen molar-refractivity contribution in [1.82, 2.24) is 5.32 Å². The Labute approximate surface area is 124 Å². The van der Waals surface area contributed by atoms with Crippen molar-refractivity contribution in [3.05, 3.63) is 35.4 Å². The second kappa shape index (κ2) is 6.98. The number of benzene rings is 1. The normalized spacial score (nSPS) is 13.4. The molecular weight excluding hydrogens is 279 g/mol. The van der Waals surface area contributed by atoms with Crippen molar-refractivity contribution in [2.75, 3.05) is 6.54 Å². The minimum Gasteiger partial charge on any atom is -0.406 e. The van der Waals surface area contributed by atoms with Gasteiger partial charge in [0.15, 0.2) is 0 Å². The summed E-state index contributed by atoms with van der Waals surface area (Å²) in [4.78, 5) is 0. The van der Waals surface area contributed by atoms with Gasteiger partial charge >= 0.3 is 6.36 Å². The Balaban J connectivity index is 2.73. The molecule has 1 N–H and O–H groups in total. The van der Waals surface area contributed by atoms with Gasteiger partial charge in [0.05, 0.1) is 0 Å². The van der Waals surface area contributed by atoms with Crippen LogP contribution in [-0.2, 0) is 0 Å². The molecule has 0 amide bonds. The fourth-order valence-electron chi connectivity index (χ4n) is 1.66. The SMILES string of the molecule is CCC(=Cc1ccc(OC(F)(F)F)cc1)CNC(C)(C)C. The molecule has 0 heterocycles. The molecule has 21 heavy (non-hydrogen) atoms. The highest BCUT2D eigenvalue weighted by Crippen LogP contribution is 2.23. The zero-order valence-corrected chi connectivity index (χ0v) is 12.8. The van der Waals surface area contributed by atoms with E-state index in [1.54, 1.807) is 12.1 Å². The first-order valence-corrected chi connectivity index (χ1v) is 6.89. The van der Waals surface area contributed by atoms with Crippen molar-refractivity contribution in [1.29, 1.82) is 0 Å². The summed E-state index contributed by atoms with van der Waals surface area (Å²) in [5.41, 5.74) is 2.07. The molecule has 0 saturated carbocycles. The van der Waals surface area contributed by atoms with Gasteiger partial charge in [-0.1, -0.05) is 30.7 Å². The van der Waals surface area contributed by atoms with Crippen molar-refractivity contribution < 1.29 is 17.9 Å². The van der Waals surface area contributed by atoms with Crippen LogP contribution in [0.1, 0.15) is 39.7 Å². The lowest BCUT2D eigenvalue weighted by Crippen LogP contribution is -2.36. The van der Waals surface area contributed by atoms with Crippen LogP contribution in [-0.4, -0.2) is 18.4 Å². The number of alkyl halides is 3. The van der Waals surface area contributed by atoms with Crippen LogP contribution in [0.3, 0.4) is 0 Å². The molecule has 0 fully saturated rings. The highest BCUT2D eigenvalue weighted by Gasteiger charge is 2.30. The van der Waals surface area contributed by atoms with Crippen molar-refractivity contribution in [2.45, 2.75) is 46.0 Å². The molecule has 118 valence electrons. The molecule has 0 aromatic heterocycles. The summed E-state index contributed by atoms with van der Waals surface area (Å²) in [5.74, 6) is -0.203. The first-order chi connectivity index (χ1) is 9.59. The third-order valence-corrected chi connectivity index (χ3v) is 2.78. The molecule has 0 aliphatic rings. The van der Waals surface area contributed by atoms with Crippen LogP contribution >= 0.6 is 0 Å². The maximum atomic E-state index is 12.1. The van der Waals surface area contributed by atoms with Gasteiger partial charge in [0.2, 0.25) is 0 Å². The van der Waals surface area contributed by atoms with Crippen LogP contribution in [0.15, 0.2) is 29.8 Å². The van der Waals surface area contributed by atoms with Gasteiger partial charge < -0.3 is 10.1 Å². The Morgan fingerprint density at radius 2 is 1.71 bits per heavy atom. The maximum absolute atomic E-state index is 12.1. The molecule has 0 unspecified atom stereocenters. The Kier molecular flexibility index (Phi) is 5.84. The number of halogens is 3. The quantitative estimate of drug-likeness (QED) is 0.846. The lowest BCUT2D eigenvalue weighted by molar-refractivity contribution is -0.274. The van der Waals surface area contributed by atoms with Crippen molar-refractivity contribution in [2.24, 2.45) is 0 Å². The topological polar surface area (TPSA) is 21.3 Å². The van der Waals surface area contributed by atoms with E-state index in [0.717, 1.165) is 18.5 Å². The highest BCUT2D eigenvalue weighted by molar-refractivity contribution is 5.54. The van der Waals surface area contributed by atoms with E-state index >= 15 is 0 Å². The first-order valence-electron chi connectivity index (χ1n) is 6.89. The number of hydrogen-bond donors (Lipinski definition) is 1. The van der Waals surface area contributed by atoms with E-state index in [1.807, 2.05) is 6.08 Å². The van der Waals surface area contributed by atoms with Crippen LogP contribution in [0.25, 0.3) is 6.08 Å². The van der Waals surface area contributed by atoms with Gasteiger partial charge in [-0.05, 0) is 44.9 Å². The van der Waals surface area contributed by atoms with Crippen LogP contribution in [0.2, 0.25) is 0 Å². The summed E-state index contributed by atoms with van der Waals surface area (Å²) in [6, 6.07) is 5.88. The Morgan fingerprint density at radius 3 is 2.14 bits per heavy atom. The molecule has 0 saturated heterocycles. The Bertz CT molecular complexity index is 470. The van der Waals surface area contributed by atoms with Gasteiger partial charge in [0.25, 0.3) is 0 Å². The maximum Gasteiger partial charge on any atom is 0.573 e. The Hall–Kier alpha value is -1.49. The monoisotopic (exact) mass is 301 g/mol. The second-order valence-electron chi connectivity index (χ2n) is 5.88. The molecule has 1 rings (SSSR count). The molecule has 0 spiro atoms. The summed E-state index contributed by atoms with van der Waals surface area (Å²) in [5, 5.41) is 3.39. The third-order valence-electron chi connectivity index (χ3n) is 2.78. The number of hydrogen-bond acceptors (Lipinski definition) is 2. The smallest absolute Gasteiger partial charge is 0.406 e. The van der Waals surface area contributed by atoms with E-state index in [2.05, 4.69) is 37.7 Å². The fourth-order valence-corrected chi connectivity index (χ4v) is 1.66. The molecule has 2 nitrogen and oxygen atoms in total. The molecule has 0 aliphatic heterocycles. The minimum absolute atomic E-state index is 0.0265. The molecule has 1 aromatic carbocycles. The van der Waals surface area contributed by atoms with Crippen molar-refractivity contribution in [3.8, 4) is 5.75 Å². The standard InChI is InChI=1S/C16H22F3NO/c1-5-12(11-20-15(2,3)4)10-13-6-8-14(9-7-13)21-16(17,18)19/h6-10,20H,5,11H2,1-4H3. The van der Waals surface area contributed by atoms with Crippen molar-refractivity contribution in [3.63, 3.8) is 0 Å². The summed E-state index contributed by atoms with van der Waals surface area (Å²) < 4.78 is 40.1. The summed E-state index contributed by atoms with van der Waals surface area (Å²) >= 11 is 0. The molecule has 0 bridgehead atoms. The fraction of sp³-hybridized carbons (Fsp3) is 0.500. The van der Waals surface area contributed by atoms with E-state index in [-0.39, 0.29) is 11.3 Å². The summed E-state index contributed by atoms with van der Waals surface area (Å²) in [7, 11) is 0. The van der Waals surface area contributed by atoms with Gasteiger partial charge in [-0.25, -0.2) is 0 Å². The van der Waals surface area contributed by atoms with Gasteiger partial charge in [0, 0.05) is 12.1 Å².